The van der Waals surface area contributed by atoms with Crippen molar-refractivity contribution in [3.63, 3.8) is 0 Å². The zero-order valence-corrected chi connectivity index (χ0v) is 14.3. The highest BCUT2D eigenvalue weighted by Gasteiger charge is 2.41. The van der Waals surface area contributed by atoms with Crippen LogP contribution in [0.1, 0.15) is 25.7 Å². The van der Waals surface area contributed by atoms with Crippen molar-refractivity contribution in [1.29, 1.82) is 0 Å². The van der Waals surface area contributed by atoms with E-state index in [0.29, 0.717) is 0 Å². The summed E-state index contributed by atoms with van der Waals surface area (Å²) in [6.07, 6.45) is 5.09. The molecule has 3 rings (SSSR count). The number of hydrogen-bond acceptors (Lipinski definition) is 5. The van der Waals surface area contributed by atoms with Crippen LogP contribution in [0.5, 0.6) is 0 Å². The molecule has 0 aromatic heterocycles. The quantitative estimate of drug-likeness (QED) is 0.632. The molecule has 1 aromatic rings. The molecule has 0 unspecified atom stereocenters. The highest BCUT2D eigenvalue weighted by molar-refractivity contribution is 6.38. The second-order valence-electron chi connectivity index (χ2n) is 6.21. The number of nitrogens with zero attached hydrogens (tertiary/aromatic N) is 2. The van der Waals surface area contributed by atoms with Gasteiger partial charge in [0.1, 0.15) is 0 Å². The number of anilines is 1. The number of nitrogens with one attached hydrogen (secondary N) is 1. The average molecular weight is 363 g/mol. The maximum atomic E-state index is 12.7. The van der Waals surface area contributed by atoms with E-state index in [1.54, 1.807) is 24.3 Å². The molecule has 3 N–H and O–H groups in total. The number of imide groups is 2. The van der Waals surface area contributed by atoms with Crippen LogP contribution in [0.25, 0.3) is 0 Å². The zero-order valence-electron chi connectivity index (χ0n) is 13.5. The third kappa shape index (κ3) is 3.57. The van der Waals surface area contributed by atoms with Crippen LogP contribution in [0.3, 0.4) is 0 Å². The van der Waals surface area contributed by atoms with Gasteiger partial charge < -0.3 is 5.73 Å². The maximum Gasteiger partial charge on any atom is 0.335 e. The first-order valence-corrected chi connectivity index (χ1v) is 8.59. The van der Waals surface area contributed by atoms with Gasteiger partial charge in [0.05, 0.1) is 16.8 Å². The molecule has 0 radical (unpaired) electrons. The number of carbonyl (C=O) groups excluding carboxylic acids is 3. The van der Waals surface area contributed by atoms with Crippen LogP contribution in [0.2, 0.25) is 5.02 Å². The average Bonchev–Trinajstić information content (AvgIpc) is 2.57. The van der Waals surface area contributed by atoms with Crippen LogP contribution >= 0.6 is 11.6 Å². The first kappa shape index (κ1) is 17.6. The van der Waals surface area contributed by atoms with Gasteiger partial charge in [0.15, 0.2) is 5.92 Å². The van der Waals surface area contributed by atoms with Crippen molar-refractivity contribution >= 4 is 41.3 Å². The van der Waals surface area contributed by atoms with Gasteiger partial charge in [-0.3, -0.25) is 19.9 Å². The summed E-state index contributed by atoms with van der Waals surface area (Å²) in [4.78, 5) is 42.2. The first-order valence-electron chi connectivity index (χ1n) is 8.21. The molecule has 1 saturated carbocycles. The van der Waals surface area contributed by atoms with Crippen molar-refractivity contribution in [3.05, 3.63) is 29.3 Å². The van der Waals surface area contributed by atoms with E-state index in [4.69, 9.17) is 17.3 Å². The Hall–Kier alpha value is -2.25. The molecule has 1 aliphatic carbocycles. The molecule has 132 valence electrons. The molecule has 1 saturated heterocycles. The molecule has 25 heavy (non-hydrogen) atoms. The van der Waals surface area contributed by atoms with E-state index in [2.05, 4.69) is 10.3 Å². The summed E-state index contributed by atoms with van der Waals surface area (Å²) in [6.45, 7) is 0. The van der Waals surface area contributed by atoms with Crippen molar-refractivity contribution < 1.29 is 14.4 Å². The van der Waals surface area contributed by atoms with Crippen molar-refractivity contribution in [2.24, 2.45) is 16.6 Å². The molecule has 8 heteroatoms. The molecular weight excluding hydrogens is 344 g/mol. The third-order valence-electron chi connectivity index (χ3n) is 4.50. The van der Waals surface area contributed by atoms with E-state index in [9.17, 15) is 14.4 Å². The Morgan fingerprint density at radius 2 is 1.92 bits per heavy atom. The fourth-order valence-electron chi connectivity index (χ4n) is 3.10. The summed E-state index contributed by atoms with van der Waals surface area (Å²) < 4.78 is 0. The second kappa shape index (κ2) is 7.33. The predicted molar refractivity (Wildman–Crippen MR) is 94.7 cm³/mol. The van der Waals surface area contributed by atoms with Crippen molar-refractivity contribution in [3.8, 4) is 0 Å². The Morgan fingerprint density at radius 1 is 1.20 bits per heavy atom. The molecule has 1 heterocycles. The molecule has 4 amide bonds. The van der Waals surface area contributed by atoms with Gasteiger partial charge in [0.2, 0.25) is 5.91 Å². The van der Waals surface area contributed by atoms with Crippen LogP contribution in [0.4, 0.5) is 10.5 Å². The molecule has 1 aromatic carbocycles. The minimum atomic E-state index is -1.18. The summed E-state index contributed by atoms with van der Waals surface area (Å²) in [6, 6.07) is 5.45. The molecular formula is C17H19ClN4O3. The fourth-order valence-corrected chi connectivity index (χ4v) is 3.32. The van der Waals surface area contributed by atoms with Crippen molar-refractivity contribution in [2.45, 2.75) is 37.8 Å². The van der Waals surface area contributed by atoms with Gasteiger partial charge in [-0.25, -0.2) is 9.69 Å². The number of amides is 4. The lowest BCUT2D eigenvalue weighted by Gasteiger charge is -2.30. The Kier molecular flexibility index (Phi) is 5.15. The number of urea groups is 1. The Balaban J connectivity index is 1.84. The number of para-hydroxylation sites is 1. The molecule has 2 aliphatic rings. The minimum absolute atomic E-state index is 0.0759. The lowest BCUT2D eigenvalue weighted by atomic mass is 9.91. The van der Waals surface area contributed by atoms with Crippen molar-refractivity contribution in [1.82, 2.24) is 5.32 Å². The van der Waals surface area contributed by atoms with Gasteiger partial charge in [-0.2, -0.15) is 0 Å². The number of barbiturate groups is 1. The highest BCUT2D eigenvalue weighted by atomic mass is 35.5. The fraction of sp³-hybridized carbons (Fsp3) is 0.412. The summed E-state index contributed by atoms with van der Waals surface area (Å²) in [7, 11) is 0. The normalized spacial score (nSPS) is 27.7. The van der Waals surface area contributed by atoms with E-state index in [0.717, 1.165) is 30.6 Å². The number of hydrogen-bond donors (Lipinski definition) is 2. The number of carbonyl (C=O) groups is 3. The van der Waals surface area contributed by atoms with Crippen LogP contribution in [0.15, 0.2) is 29.3 Å². The third-order valence-corrected chi connectivity index (χ3v) is 4.82. The van der Waals surface area contributed by atoms with Gasteiger partial charge in [0.25, 0.3) is 5.91 Å². The highest BCUT2D eigenvalue weighted by Crippen LogP contribution is 2.28. The molecule has 0 bridgehead atoms. The first-order chi connectivity index (χ1) is 12.0. The van der Waals surface area contributed by atoms with Gasteiger partial charge in [-0.05, 0) is 25.0 Å². The van der Waals surface area contributed by atoms with Crippen LogP contribution in [-0.2, 0) is 9.59 Å². The minimum Gasteiger partial charge on any atom is -0.326 e. The zero-order chi connectivity index (χ0) is 18.0. The Morgan fingerprint density at radius 3 is 2.64 bits per heavy atom. The molecule has 3 atom stereocenters. The molecule has 7 nitrogen and oxygen atoms in total. The SMILES string of the molecule is N[C@H]1CCCC[C@@H]1N=C[C@H]1C(=O)NC(=O)N(c2ccccc2Cl)C1=O. The summed E-state index contributed by atoms with van der Waals surface area (Å²) in [5, 5.41) is 2.42. The predicted octanol–water partition coefficient (Wildman–Crippen LogP) is 1.88. The van der Waals surface area contributed by atoms with Crippen molar-refractivity contribution in [2.75, 3.05) is 4.90 Å². The summed E-state index contributed by atoms with van der Waals surface area (Å²) in [5.41, 5.74) is 6.27. The van der Waals surface area contributed by atoms with Gasteiger partial charge in [-0.15, -0.1) is 0 Å². The number of rotatable bonds is 3. The second-order valence-corrected chi connectivity index (χ2v) is 6.62. The Bertz CT molecular complexity index is 736. The van der Waals surface area contributed by atoms with Crippen LogP contribution in [0, 0.1) is 5.92 Å². The standard InChI is InChI=1S/C17H19ClN4O3/c18-11-5-1-4-8-14(11)22-16(24)10(15(23)21-17(22)25)9-20-13-7-3-2-6-12(13)19/h1,4-5,8-10,12-13H,2-3,6-7,19H2,(H,21,23,25)/t10-,12-,13-/m0/s1. The summed E-state index contributed by atoms with van der Waals surface area (Å²) in [5.74, 6) is -2.54. The Labute approximate surface area is 150 Å². The van der Waals surface area contributed by atoms with Gasteiger partial charge in [0, 0.05) is 12.3 Å². The van der Waals surface area contributed by atoms with E-state index >= 15 is 0 Å². The van der Waals surface area contributed by atoms with E-state index in [1.165, 1.54) is 6.21 Å². The lowest BCUT2D eigenvalue weighted by molar-refractivity contribution is -0.131. The summed E-state index contributed by atoms with van der Waals surface area (Å²) >= 11 is 6.08. The maximum absolute atomic E-state index is 12.7. The van der Waals surface area contributed by atoms with Crippen LogP contribution in [-0.4, -0.2) is 36.1 Å². The number of aliphatic imine (C=N–C) groups is 1. The van der Waals surface area contributed by atoms with E-state index < -0.39 is 23.8 Å². The van der Waals surface area contributed by atoms with Gasteiger partial charge >= 0.3 is 6.03 Å². The van der Waals surface area contributed by atoms with E-state index in [1.807, 2.05) is 0 Å². The van der Waals surface area contributed by atoms with Gasteiger partial charge in [-0.1, -0.05) is 36.6 Å². The monoisotopic (exact) mass is 362 g/mol. The lowest BCUT2D eigenvalue weighted by Crippen LogP contribution is -2.58. The largest absolute Gasteiger partial charge is 0.335 e. The topological polar surface area (TPSA) is 105 Å². The van der Waals surface area contributed by atoms with Crippen LogP contribution < -0.4 is 16.0 Å². The number of nitrogens with two attached hydrogens (primary N) is 1. The van der Waals surface area contributed by atoms with E-state index in [-0.39, 0.29) is 22.8 Å². The molecule has 0 spiro atoms. The molecule has 2 fully saturated rings. The molecule has 1 aliphatic heterocycles. The number of benzene rings is 1. The number of halogens is 1. The smallest absolute Gasteiger partial charge is 0.326 e.